The van der Waals surface area contributed by atoms with Crippen LogP contribution in [0.1, 0.15) is 50.7 Å². The molecule has 1 aromatic rings. The molecule has 0 unspecified atom stereocenters. The molecule has 0 aromatic heterocycles. The number of benzene rings is 1. The van der Waals surface area contributed by atoms with Crippen molar-refractivity contribution in [1.29, 1.82) is 0 Å². The van der Waals surface area contributed by atoms with Gasteiger partial charge in [0.15, 0.2) is 5.96 Å². The maximum atomic E-state index is 12.8. The summed E-state index contributed by atoms with van der Waals surface area (Å²) in [5, 5.41) is 6.89. The molecule has 7 nitrogen and oxygen atoms in total. The number of rotatable bonds is 7. The van der Waals surface area contributed by atoms with Crippen LogP contribution >= 0.6 is 0 Å². The average molecular weight is 437 g/mol. The number of ether oxygens (including phenoxy) is 1. The predicted molar refractivity (Wildman–Crippen MR) is 121 cm³/mol. The number of nitrogens with one attached hydrogen (secondary N) is 2. The number of morpholine rings is 1. The van der Waals surface area contributed by atoms with E-state index in [2.05, 4.69) is 24.5 Å². The standard InChI is InChI=1S/C22H36N4O3S/c1-3-23-22(25-21-10-8-18(2)9-11-21)24-16-19-6-4-5-7-20(19)17-30(27,28)26-12-14-29-15-13-26/h4-7,18,21H,3,8-17H2,1-2H3,(H2,23,24,25). The van der Waals surface area contributed by atoms with Crippen LogP contribution in [0.5, 0.6) is 0 Å². The van der Waals surface area contributed by atoms with Crippen molar-refractivity contribution in [3.63, 3.8) is 0 Å². The van der Waals surface area contributed by atoms with Crippen molar-refractivity contribution in [3.8, 4) is 0 Å². The lowest BCUT2D eigenvalue weighted by Crippen LogP contribution is -2.44. The first kappa shape index (κ1) is 23.0. The highest BCUT2D eigenvalue weighted by Crippen LogP contribution is 2.23. The Labute approximate surface area is 181 Å². The van der Waals surface area contributed by atoms with E-state index < -0.39 is 10.0 Å². The predicted octanol–water partition coefficient (Wildman–Crippen LogP) is 2.48. The van der Waals surface area contributed by atoms with E-state index in [0.29, 0.717) is 38.9 Å². The quantitative estimate of drug-likeness (QED) is 0.507. The summed E-state index contributed by atoms with van der Waals surface area (Å²) in [4.78, 5) is 4.77. The van der Waals surface area contributed by atoms with Gasteiger partial charge in [0.1, 0.15) is 0 Å². The lowest BCUT2D eigenvalue weighted by molar-refractivity contribution is 0.0729. The summed E-state index contributed by atoms with van der Waals surface area (Å²) in [6, 6.07) is 8.16. The Bertz CT molecular complexity index is 798. The van der Waals surface area contributed by atoms with Crippen molar-refractivity contribution >= 4 is 16.0 Å². The van der Waals surface area contributed by atoms with Crippen molar-refractivity contribution in [1.82, 2.24) is 14.9 Å². The molecule has 0 spiro atoms. The molecule has 1 heterocycles. The number of guanidine groups is 1. The molecule has 8 heteroatoms. The maximum absolute atomic E-state index is 12.8. The fourth-order valence-electron chi connectivity index (χ4n) is 4.05. The van der Waals surface area contributed by atoms with E-state index in [9.17, 15) is 8.42 Å². The highest BCUT2D eigenvalue weighted by molar-refractivity contribution is 7.88. The lowest BCUT2D eigenvalue weighted by atomic mass is 9.87. The normalized spacial score (nSPS) is 23.9. The summed E-state index contributed by atoms with van der Waals surface area (Å²) in [6.45, 7) is 7.40. The monoisotopic (exact) mass is 436 g/mol. The minimum absolute atomic E-state index is 0.00315. The SMILES string of the molecule is CCNC(=NCc1ccccc1CS(=O)(=O)N1CCOCC1)NC1CCC(C)CC1. The average Bonchev–Trinajstić information content (AvgIpc) is 2.75. The number of hydrogen-bond acceptors (Lipinski definition) is 4. The second kappa shape index (κ2) is 11.1. The van der Waals surface area contributed by atoms with Gasteiger partial charge in [-0.3, -0.25) is 0 Å². The first-order valence-corrected chi connectivity index (χ1v) is 12.8. The van der Waals surface area contributed by atoms with Crippen molar-refractivity contribution < 1.29 is 13.2 Å². The van der Waals surface area contributed by atoms with Gasteiger partial charge in [0.2, 0.25) is 10.0 Å². The zero-order valence-corrected chi connectivity index (χ0v) is 19.1. The van der Waals surface area contributed by atoms with E-state index in [4.69, 9.17) is 9.73 Å². The molecule has 1 saturated heterocycles. The van der Waals surface area contributed by atoms with Gasteiger partial charge in [0, 0.05) is 25.7 Å². The first-order chi connectivity index (χ1) is 14.5. The molecule has 0 atom stereocenters. The van der Waals surface area contributed by atoms with E-state index in [0.717, 1.165) is 29.5 Å². The van der Waals surface area contributed by atoms with Gasteiger partial charge < -0.3 is 15.4 Å². The van der Waals surface area contributed by atoms with Gasteiger partial charge in [-0.2, -0.15) is 4.31 Å². The molecular formula is C22H36N4O3S. The fourth-order valence-corrected chi connectivity index (χ4v) is 5.61. The molecule has 1 aliphatic heterocycles. The molecule has 3 rings (SSSR count). The van der Waals surface area contributed by atoms with Gasteiger partial charge in [0.25, 0.3) is 0 Å². The van der Waals surface area contributed by atoms with Gasteiger partial charge in [-0.15, -0.1) is 0 Å². The second-order valence-electron chi connectivity index (χ2n) is 8.33. The van der Waals surface area contributed by atoms with Gasteiger partial charge in [-0.05, 0) is 49.7 Å². The van der Waals surface area contributed by atoms with Crippen LogP contribution in [-0.4, -0.2) is 57.6 Å². The zero-order chi connectivity index (χ0) is 21.4. The summed E-state index contributed by atoms with van der Waals surface area (Å²) < 4.78 is 32.5. The molecule has 2 fully saturated rings. The molecule has 0 bridgehead atoms. The Morgan fingerprint density at radius 2 is 1.80 bits per heavy atom. The largest absolute Gasteiger partial charge is 0.379 e. The lowest BCUT2D eigenvalue weighted by Gasteiger charge is -2.28. The third kappa shape index (κ3) is 6.68. The molecule has 1 aromatic carbocycles. The Hall–Kier alpha value is -1.64. The Morgan fingerprint density at radius 3 is 2.47 bits per heavy atom. The summed E-state index contributed by atoms with van der Waals surface area (Å²) >= 11 is 0. The molecule has 1 aliphatic carbocycles. The Balaban J connectivity index is 1.67. The van der Waals surface area contributed by atoms with Crippen LogP contribution in [0.2, 0.25) is 0 Å². The third-order valence-electron chi connectivity index (χ3n) is 5.93. The van der Waals surface area contributed by atoms with Crippen LogP contribution in [0.15, 0.2) is 29.3 Å². The molecule has 1 saturated carbocycles. The van der Waals surface area contributed by atoms with Crippen LogP contribution in [0.25, 0.3) is 0 Å². The summed E-state index contributed by atoms with van der Waals surface area (Å²) in [6.07, 6.45) is 4.83. The molecular weight excluding hydrogens is 400 g/mol. The summed E-state index contributed by atoms with van der Waals surface area (Å²) in [5.74, 6) is 1.62. The number of hydrogen-bond donors (Lipinski definition) is 2. The molecule has 168 valence electrons. The molecule has 2 aliphatic rings. The van der Waals surface area contributed by atoms with E-state index in [1.54, 1.807) is 0 Å². The van der Waals surface area contributed by atoms with E-state index in [1.807, 2.05) is 24.3 Å². The smallest absolute Gasteiger partial charge is 0.218 e. The van der Waals surface area contributed by atoms with Crippen molar-refractivity contribution in [2.75, 3.05) is 32.8 Å². The Morgan fingerprint density at radius 1 is 1.13 bits per heavy atom. The molecule has 0 amide bonds. The fraction of sp³-hybridized carbons (Fsp3) is 0.682. The van der Waals surface area contributed by atoms with Gasteiger partial charge in [-0.25, -0.2) is 13.4 Å². The van der Waals surface area contributed by atoms with Crippen molar-refractivity contribution in [2.45, 2.75) is 57.9 Å². The zero-order valence-electron chi connectivity index (χ0n) is 18.3. The number of aliphatic imine (C=N–C) groups is 1. The van der Waals surface area contributed by atoms with Crippen LogP contribution in [0.4, 0.5) is 0 Å². The van der Waals surface area contributed by atoms with Crippen molar-refractivity contribution in [2.24, 2.45) is 10.9 Å². The van der Waals surface area contributed by atoms with E-state index in [-0.39, 0.29) is 5.75 Å². The highest BCUT2D eigenvalue weighted by atomic mass is 32.2. The first-order valence-electron chi connectivity index (χ1n) is 11.1. The molecule has 30 heavy (non-hydrogen) atoms. The topological polar surface area (TPSA) is 83.0 Å². The highest BCUT2D eigenvalue weighted by Gasteiger charge is 2.25. The van der Waals surface area contributed by atoms with Gasteiger partial charge in [-0.1, -0.05) is 31.2 Å². The minimum Gasteiger partial charge on any atom is -0.379 e. The second-order valence-corrected chi connectivity index (χ2v) is 10.3. The third-order valence-corrected chi connectivity index (χ3v) is 7.76. The summed E-state index contributed by atoms with van der Waals surface area (Å²) in [5.41, 5.74) is 1.76. The van der Waals surface area contributed by atoms with Crippen LogP contribution in [0, 0.1) is 5.92 Å². The van der Waals surface area contributed by atoms with Crippen LogP contribution in [-0.2, 0) is 27.1 Å². The Kier molecular flexibility index (Phi) is 8.53. The van der Waals surface area contributed by atoms with E-state index in [1.165, 1.54) is 30.0 Å². The van der Waals surface area contributed by atoms with Crippen LogP contribution in [0.3, 0.4) is 0 Å². The number of nitrogens with zero attached hydrogens (tertiary/aromatic N) is 2. The van der Waals surface area contributed by atoms with E-state index >= 15 is 0 Å². The van der Waals surface area contributed by atoms with Gasteiger partial charge in [0.05, 0.1) is 25.5 Å². The van der Waals surface area contributed by atoms with Gasteiger partial charge >= 0.3 is 0 Å². The summed E-state index contributed by atoms with van der Waals surface area (Å²) in [7, 11) is -3.36. The van der Waals surface area contributed by atoms with Crippen LogP contribution < -0.4 is 10.6 Å². The molecule has 2 N–H and O–H groups in total. The van der Waals surface area contributed by atoms with Crippen molar-refractivity contribution in [3.05, 3.63) is 35.4 Å². The number of sulfonamides is 1. The minimum atomic E-state index is -3.36. The molecule has 0 radical (unpaired) electrons. The maximum Gasteiger partial charge on any atom is 0.218 e.